The van der Waals surface area contributed by atoms with Crippen LogP contribution < -0.4 is 10.6 Å². The number of hydrogen-bond donors (Lipinski definition) is 2. The first-order valence-electron chi connectivity index (χ1n) is 9.00. The molecule has 0 unspecified atom stereocenters. The molecule has 2 N–H and O–H groups in total. The third kappa shape index (κ3) is 5.43. The van der Waals surface area contributed by atoms with Crippen molar-refractivity contribution < 1.29 is 4.79 Å². The van der Waals surface area contributed by atoms with Gasteiger partial charge < -0.3 is 10.6 Å². The number of nitrogens with one attached hydrogen (secondary N) is 2. The van der Waals surface area contributed by atoms with Gasteiger partial charge in [0.15, 0.2) is 5.78 Å². The highest BCUT2D eigenvalue weighted by molar-refractivity contribution is 5.95. The molecule has 26 heavy (non-hydrogen) atoms. The predicted octanol–water partition coefficient (Wildman–Crippen LogP) is 3.63. The molecule has 2 rings (SSSR count). The Balaban J connectivity index is 2.01. The number of aromatic nitrogens is 2. The fourth-order valence-electron chi connectivity index (χ4n) is 2.60. The maximum Gasteiger partial charge on any atom is 0.159 e. The van der Waals surface area contributed by atoms with Crippen LogP contribution in [0.25, 0.3) is 17.3 Å². The average molecular weight is 352 g/mol. The zero-order valence-electron chi connectivity index (χ0n) is 15.9. The summed E-state index contributed by atoms with van der Waals surface area (Å²) in [4.78, 5) is 11.6. The number of rotatable bonds is 10. The van der Waals surface area contributed by atoms with Crippen molar-refractivity contribution in [3.05, 3.63) is 60.1 Å². The molecule has 0 saturated carbocycles. The van der Waals surface area contributed by atoms with Gasteiger partial charge in [0.2, 0.25) is 0 Å². The first-order valence-corrected chi connectivity index (χ1v) is 9.00. The van der Waals surface area contributed by atoms with E-state index >= 15 is 0 Å². The summed E-state index contributed by atoms with van der Waals surface area (Å²) in [6.07, 6.45) is 6.76. The first-order chi connectivity index (χ1) is 12.5. The second-order valence-electron chi connectivity index (χ2n) is 6.24. The number of ketones is 1. The minimum atomic E-state index is 0.0626. The summed E-state index contributed by atoms with van der Waals surface area (Å²) in [5.74, 6) is 0.0626. The van der Waals surface area contributed by atoms with E-state index in [1.807, 2.05) is 54.3 Å². The van der Waals surface area contributed by atoms with Gasteiger partial charge in [-0.15, -0.1) is 0 Å². The van der Waals surface area contributed by atoms with Crippen molar-refractivity contribution in [1.82, 2.24) is 20.4 Å². The van der Waals surface area contributed by atoms with Crippen LogP contribution >= 0.6 is 0 Å². The summed E-state index contributed by atoms with van der Waals surface area (Å²) in [5, 5.41) is 11.0. The molecule has 0 aliphatic heterocycles. The van der Waals surface area contributed by atoms with Gasteiger partial charge in [0, 0.05) is 41.8 Å². The van der Waals surface area contributed by atoms with Crippen LogP contribution in [-0.4, -0.2) is 35.2 Å². The lowest BCUT2D eigenvalue weighted by Crippen LogP contribution is -2.26. The summed E-state index contributed by atoms with van der Waals surface area (Å²) in [7, 11) is 0. The summed E-state index contributed by atoms with van der Waals surface area (Å²) in [6.45, 7) is 12.5. The molecule has 0 fully saturated rings. The van der Waals surface area contributed by atoms with Gasteiger partial charge in [0.05, 0.1) is 6.20 Å². The zero-order chi connectivity index (χ0) is 18.9. The number of benzene rings is 1. The standard InChI is InChI=1S/C21H28N4O/c1-5-10-22-11-12-23-16(2)9-13-25-17(3)21(15-24-25)20-8-6-7-19(14-20)18(4)26/h6-9,13-15,22-23H,2,5,10-12H2,1,3-4H3/b13-9-. The van der Waals surface area contributed by atoms with E-state index in [9.17, 15) is 4.79 Å². The van der Waals surface area contributed by atoms with E-state index < -0.39 is 0 Å². The minimum absolute atomic E-state index is 0.0626. The first kappa shape index (κ1) is 19.7. The van der Waals surface area contributed by atoms with Gasteiger partial charge in [-0.2, -0.15) is 5.10 Å². The number of nitrogens with zero attached hydrogens (tertiary/aromatic N) is 2. The molecule has 0 spiro atoms. The van der Waals surface area contributed by atoms with Crippen LogP contribution in [-0.2, 0) is 0 Å². The number of carbonyl (C=O) groups is 1. The molecule has 0 atom stereocenters. The van der Waals surface area contributed by atoms with Crippen molar-refractivity contribution in [2.45, 2.75) is 27.2 Å². The minimum Gasteiger partial charge on any atom is -0.384 e. The molecule has 5 heteroatoms. The number of hydrogen-bond acceptors (Lipinski definition) is 4. The molecule has 2 aromatic rings. The summed E-state index contributed by atoms with van der Waals surface area (Å²) < 4.78 is 1.82. The molecule has 0 saturated heterocycles. The summed E-state index contributed by atoms with van der Waals surface area (Å²) >= 11 is 0. The topological polar surface area (TPSA) is 59.0 Å². The van der Waals surface area contributed by atoms with E-state index in [0.29, 0.717) is 5.56 Å². The van der Waals surface area contributed by atoms with Crippen molar-refractivity contribution in [2.75, 3.05) is 19.6 Å². The Morgan fingerprint density at radius 1 is 1.31 bits per heavy atom. The second kappa shape index (κ2) is 9.73. The van der Waals surface area contributed by atoms with Crippen LogP contribution in [0.2, 0.25) is 0 Å². The lowest BCUT2D eigenvalue weighted by atomic mass is 10.0. The van der Waals surface area contributed by atoms with E-state index in [1.54, 1.807) is 6.92 Å². The molecule has 1 heterocycles. The molecule has 0 aliphatic carbocycles. The smallest absolute Gasteiger partial charge is 0.159 e. The predicted molar refractivity (Wildman–Crippen MR) is 108 cm³/mol. The normalized spacial score (nSPS) is 11.0. The van der Waals surface area contributed by atoms with Crippen molar-refractivity contribution in [3.63, 3.8) is 0 Å². The highest BCUT2D eigenvalue weighted by atomic mass is 16.1. The molecule has 5 nitrogen and oxygen atoms in total. The lowest BCUT2D eigenvalue weighted by molar-refractivity contribution is 0.101. The van der Waals surface area contributed by atoms with Crippen LogP contribution in [0.15, 0.2) is 48.8 Å². The van der Waals surface area contributed by atoms with Crippen LogP contribution in [0.1, 0.15) is 36.3 Å². The van der Waals surface area contributed by atoms with E-state index in [0.717, 1.165) is 48.6 Å². The number of Topliss-reactive ketones (excluding diaryl/α,β-unsaturated/α-hetero) is 1. The van der Waals surface area contributed by atoms with Gasteiger partial charge in [-0.3, -0.25) is 4.79 Å². The van der Waals surface area contributed by atoms with Gasteiger partial charge in [-0.25, -0.2) is 4.68 Å². The van der Waals surface area contributed by atoms with Crippen LogP contribution in [0.4, 0.5) is 0 Å². The molecule has 1 aromatic heterocycles. The fraction of sp³-hybridized carbons (Fsp3) is 0.333. The zero-order valence-corrected chi connectivity index (χ0v) is 15.9. The van der Waals surface area contributed by atoms with Crippen LogP contribution in [0, 0.1) is 6.92 Å². The Labute approximate surface area is 155 Å². The quantitative estimate of drug-likeness (QED) is 0.389. The Kier molecular flexibility index (Phi) is 7.36. The van der Waals surface area contributed by atoms with E-state index in [1.165, 1.54) is 0 Å². The van der Waals surface area contributed by atoms with E-state index in [4.69, 9.17) is 0 Å². The number of allylic oxidation sites excluding steroid dienone is 1. The molecular formula is C21H28N4O. The average Bonchev–Trinajstić information content (AvgIpc) is 3.00. The third-order valence-electron chi connectivity index (χ3n) is 4.12. The molecule has 0 amide bonds. The van der Waals surface area contributed by atoms with Gasteiger partial charge in [0.1, 0.15) is 0 Å². The lowest BCUT2D eigenvalue weighted by Gasteiger charge is -2.07. The summed E-state index contributed by atoms with van der Waals surface area (Å²) in [5.41, 5.74) is 4.58. The Bertz CT molecular complexity index is 789. The maximum atomic E-state index is 11.6. The Morgan fingerprint density at radius 3 is 2.85 bits per heavy atom. The molecular weight excluding hydrogens is 324 g/mol. The summed E-state index contributed by atoms with van der Waals surface area (Å²) in [6, 6.07) is 7.63. The molecule has 0 radical (unpaired) electrons. The monoisotopic (exact) mass is 352 g/mol. The second-order valence-corrected chi connectivity index (χ2v) is 6.24. The Hall–Kier alpha value is -2.66. The van der Waals surface area contributed by atoms with Crippen LogP contribution in [0.5, 0.6) is 0 Å². The van der Waals surface area contributed by atoms with Crippen molar-refractivity contribution >= 4 is 12.0 Å². The van der Waals surface area contributed by atoms with Gasteiger partial charge in [0.25, 0.3) is 0 Å². The molecule has 138 valence electrons. The van der Waals surface area contributed by atoms with Crippen LogP contribution in [0.3, 0.4) is 0 Å². The SMILES string of the molecule is C=C(/C=C\n1ncc(-c2cccc(C(C)=O)c2)c1C)NCCNCCC. The fourth-order valence-corrected chi connectivity index (χ4v) is 2.60. The third-order valence-corrected chi connectivity index (χ3v) is 4.12. The van der Waals surface area contributed by atoms with E-state index in [2.05, 4.69) is 29.2 Å². The van der Waals surface area contributed by atoms with Crippen molar-refractivity contribution in [1.29, 1.82) is 0 Å². The molecule has 0 aliphatic rings. The van der Waals surface area contributed by atoms with Gasteiger partial charge in [-0.05, 0) is 44.5 Å². The van der Waals surface area contributed by atoms with Crippen molar-refractivity contribution in [2.24, 2.45) is 0 Å². The van der Waals surface area contributed by atoms with Gasteiger partial charge in [-0.1, -0.05) is 31.7 Å². The van der Waals surface area contributed by atoms with Gasteiger partial charge >= 0.3 is 0 Å². The van der Waals surface area contributed by atoms with E-state index in [-0.39, 0.29) is 5.78 Å². The largest absolute Gasteiger partial charge is 0.384 e. The molecule has 0 bridgehead atoms. The maximum absolute atomic E-state index is 11.6. The van der Waals surface area contributed by atoms with Crippen molar-refractivity contribution in [3.8, 4) is 11.1 Å². The molecule has 1 aromatic carbocycles. The highest BCUT2D eigenvalue weighted by Gasteiger charge is 2.09. The Morgan fingerprint density at radius 2 is 2.12 bits per heavy atom. The number of carbonyl (C=O) groups excluding carboxylic acids is 1. The highest BCUT2D eigenvalue weighted by Crippen LogP contribution is 2.24.